The van der Waals surface area contributed by atoms with Gasteiger partial charge in [0.1, 0.15) is 5.17 Å². The van der Waals surface area contributed by atoms with Gasteiger partial charge >= 0.3 is 0 Å². The van der Waals surface area contributed by atoms with Crippen molar-refractivity contribution in [3.05, 3.63) is 24.4 Å². The summed E-state index contributed by atoms with van der Waals surface area (Å²) in [6, 6.07) is 0. The Morgan fingerprint density at radius 2 is 2.22 bits per heavy atom. The molecule has 0 atom stereocenters. The smallest absolute Gasteiger partial charge is 0.120 e. The highest BCUT2D eigenvalue weighted by Crippen LogP contribution is 1.88. The summed E-state index contributed by atoms with van der Waals surface area (Å²) < 4.78 is 0. The second-order valence-electron chi connectivity index (χ2n) is 1.46. The zero-order valence-corrected chi connectivity index (χ0v) is 6.00. The first-order chi connectivity index (χ1) is 4.16. The average molecular weight is 145 g/mol. The van der Waals surface area contributed by atoms with Crippen LogP contribution in [0.1, 0.15) is 0 Å². The molecule has 0 spiro atoms. The Labute approximate surface area is 59.7 Å². The van der Waals surface area contributed by atoms with Crippen molar-refractivity contribution in [3.63, 3.8) is 0 Å². The molecule has 9 heavy (non-hydrogen) atoms. The predicted molar refractivity (Wildman–Crippen MR) is 40.9 cm³/mol. The summed E-state index contributed by atoms with van der Waals surface area (Å²) in [7, 11) is 1.75. The Morgan fingerprint density at radius 3 is 2.56 bits per heavy atom. The summed E-state index contributed by atoms with van der Waals surface area (Å²) in [4.78, 5) is 0. The fourth-order valence-corrected chi connectivity index (χ4v) is 0.320. The van der Waals surface area contributed by atoms with E-state index < -0.39 is 0 Å². The molecule has 0 fully saturated rings. The van der Waals surface area contributed by atoms with Crippen LogP contribution in [-0.2, 0) is 0 Å². The van der Waals surface area contributed by atoms with Crippen LogP contribution in [-0.4, -0.2) is 12.2 Å². The van der Waals surface area contributed by atoms with Gasteiger partial charge in [0.2, 0.25) is 0 Å². The van der Waals surface area contributed by atoms with Gasteiger partial charge in [-0.1, -0.05) is 18.2 Å². The van der Waals surface area contributed by atoms with Crippen LogP contribution in [0.2, 0.25) is 0 Å². The third kappa shape index (κ3) is 5.11. The van der Waals surface area contributed by atoms with Crippen molar-refractivity contribution in [1.29, 1.82) is 5.41 Å². The van der Waals surface area contributed by atoms with Crippen LogP contribution >= 0.6 is 11.6 Å². The highest BCUT2D eigenvalue weighted by molar-refractivity contribution is 6.67. The summed E-state index contributed by atoms with van der Waals surface area (Å²) >= 11 is 5.21. The lowest BCUT2D eigenvalue weighted by molar-refractivity contribution is 1.04. The minimum atomic E-state index is 0.00593. The lowest BCUT2D eigenvalue weighted by Gasteiger charge is -1.93. The minimum absolute atomic E-state index is 0.00593. The molecule has 0 saturated carbocycles. The van der Waals surface area contributed by atoms with Gasteiger partial charge in [-0.25, -0.2) is 0 Å². The van der Waals surface area contributed by atoms with Gasteiger partial charge in [0.05, 0.1) is 0 Å². The first kappa shape index (κ1) is 8.24. The van der Waals surface area contributed by atoms with E-state index in [1.54, 1.807) is 13.1 Å². The highest BCUT2D eigenvalue weighted by atomic mass is 35.5. The zero-order chi connectivity index (χ0) is 7.28. The van der Waals surface area contributed by atoms with Crippen molar-refractivity contribution in [2.75, 3.05) is 7.05 Å². The van der Waals surface area contributed by atoms with E-state index in [9.17, 15) is 0 Å². The van der Waals surface area contributed by atoms with E-state index in [0.717, 1.165) is 5.70 Å². The first-order valence-electron chi connectivity index (χ1n) is 2.45. The Kier molecular flexibility index (Phi) is 3.80. The normalized spacial score (nSPS) is 9.56. The standard InChI is InChI=1S/C6H9ClN2/c1-5(9-2)3-4-6(7)8/h3-4,8-9H,1H2,2H3/b4-3-,8-6?. The Bertz CT molecular complexity index is 149. The molecule has 0 aromatic heterocycles. The zero-order valence-electron chi connectivity index (χ0n) is 5.24. The van der Waals surface area contributed by atoms with Crippen LogP contribution in [0.4, 0.5) is 0 Å². The van der Waals surface area contributed by atoms with Crippen molar-refractivity contribution in [1.82, 2.24) is 5.32 Å². The third-order valence-corrected chi connectivity index (χ3v) is 0.878. The molecule has 0 aliphatic carbocycles. The van der Waals surface area contributed by atoms with Crippen molar-refractivity contribution < 1.29 is 0 Å². The SMILES string of the molecule is C=C(/C=C\C(=N)Cl)NC. The molecule has 3 heteroatoms. The highest BCUT2D eigenvalue weighted by Gasteiger charge is 1.80. The van der Waals surface area contributed by atoms with Gasteiger partial charge < -0.3 is 5.32 Å². The average Bonchev–Trinajstić information content (AvgIpc) is 1.83. The van der Waals surface area contributed by atoms with Crippen LogP contribution < -0.4 is 5.32 Å². The molecule has 0 heterocycles. The second kappa shape index (κ2) is 4.15. The molecule has 50 valence electrons. The molecule has 0 unspecified atom stereocenters. The first-order valence-corrected chi connectivity index (χ1v) is 2.83. The maximum Gasteiger partial charge on any atom is 0.120 e. The molecule has 0 radical (unpaired) electrons. The lowest BCUT2D eigenvalue weighted by Crippen LogP contribution is -2.00. The molecule has 2 N–H and O–H groups in total. The number of rotatable bonds is 3. The van der Waals surface area contributed by atoms with Gasteiger partial charge in [0, 0.05) is 12.7 Å². The van der Waals surface area contributed by atoms with Gasteiger partial charge in [-0.2, -0.15) is 0 Å². The predicted octanol–water partition coefficient (Wildman–Crippen LogP) is 1.49. The topological polar surface area (TPSA) is 35.9 Å². The fraction of sp³-hybridized carbons (Fsp3) is 0.167. The van der Waals surface area contributed by atoms with Crippen molar-refractivity contribution in [3.8, 4) is 0 Å². The van der Waals surface area contributed by atoms with E-state index in [-0.39, 0.29) is 5.17 Å². The van der Waals surface area contributed by atoms with E-state index in [1.165, 1.54) is 6.08 Å². The summed E-state index contributed by atoms with van der Waals surface area (Å²) in [5, 5.41) is 9.56. The van der Waals surface area contributed by atoms with Crippen LogP contribution in [0.5, 0.6) is 0 Å². The van der Waals surface area contributed by atoms with E-state index >= 15 is 0 Å². The molecule has 2 nitrogen and oxygen atoms in total. The van der Waals surface area contributed by atoms with Gasteiger partial charge in [0.25, 0.3) is 0 Å². The maximum absolute atomic E-state index is 6.77. The summed E-state index contributed by atoms with van der Waals surface area (Å²) in [5.41, 5.74) is 0.736. The number of nitrogens with one attached hydrogen (secondary N) is 2. The molecule has 0 aliphatic heterocycles. The largest absolute Gasteiger partial charge is 0.389 e. The van der Waals surface area contributed by atoms with Crippen LogP contribution in [0.3, 0.4) is 0 Å². The van der Waals surface area contributed by atoms with Crippen LogP contribution in [0.25, 0.3) is 0 Å². The van der Waals surface area contributed by atoms with Gasteiger partial charge in [-0.15, -0.1) is 0 Å². The van der Waals surface area contributed by atoms with E-state index in [4.69, 9.17) is 17.0 Å². The molecule has 0 aliphatic rings. The van der Waals surface area contributed by atoms with E-state index in [1.807, 2.05) is 0 Å². The number of halogens is 1. The Hall–Kier alpha value is -0.760. The summed E-state index contributed by atoms with van der Waals surface area (Å²) in [6.45, 7) is 3.59. The van der Waals surface area contributed by atoms with Gasteiger partial charge in [-0.3, -0.25) is 5.41 Å². The summed E-state index contributed by atoms with van der Waals surface area (Å²) in [6.07, 6.45) is 3.09. The number of allylic oxidation sites excluding steroid dienone is 2. The second-order valence-corrected chi connectivity index (χ2v) is 1.86. The molecule has 0 amide bonds. The number of hydrogen-bond acceptors (Lipinski definition) is 2. The molecule has 0 aromatic carbocycles. The van der Waals surface area contributed by atoms with Crippen LogP contribution in [0.15, 0.2) is 24.4 Å². The maximum atomic E-state index is 6.77. The minimum Gasteiger partial charge on any atom is -0.389 e. The molecular formula is C6H9ClN2. The van der Waals surface area contributed by atoms with Crippen LogP contribution in [0, 0.1) is 5.41 Å². The lowest BCUT2D eigenvalue weighted by atomic mass is 10.4. The molecule has 0 aromatic rings. The van der Waals surface area contributed by atoms with Gasteiger partial charge in [0.15, 0.2) is 0 Å². The quantitative estimate of drug-likeness (QED) is 0.457. The molecular weight excluding hydrogens is 136 g/mol. The van der Waals surface area contributed by atoms with Crippen molar-refractivity contribution >= 4 is 16.8 Å². The summed E-state index contributed by atoms with van der Waals surface area (Å²) in [5.74, 6) is 0. The number of hydrogen-bond donors (Lipinski definition) is 2. The number of likely N-dealkylation sites (N-methyl/N-ethyl adjacent to an activating group) is 1. The van der Waals surface area contributed by atoms with Gasteiger partial charge in [-0.05, 0) is 12.2 Å². The Morgan fingerprint density at radius 1 is 1.67 bits per heavy atom. The van der Waals surface area contributed by atoms with E-state index in [0.29, 0.717) is 0 Å². The van der Waals surface area contributed by atoms with Crippen molar-refractivity contribution in [2.45, 2.75) is 0 Å². The molecule has 0 rings (SSSR count). The Balaban J connectivity index is 3.71. The van der Waals surface area contributed by atoms with E-state index in [2.05, 4.69) is 11.9 Å². The van der Waals surface area contributed by atoms with Crippen molar-refractivity contribution in [2.24, 2.45) is 0 Å². The third-order valence-electron chi connectivity index (χ3n) is 0.752. The monoisotopic (exact) mass is 144 g/mol. The fourth-order valence-electron chi connectivity index (χ4n) is 0.257. The molecule has 0 saturated heterocycles. The molecule has 0 bridgehead atoms.